The molecule has 0 N–H and O–H groups in total. The lowest BCUT2D eigenvalue weighted by Gasteiger charge is -2.06. The molecular formula is C22H12N2O4. The number of nitriles is 2. The van der Waals surface area contributed by atoms with E-state index in [1.165, 1.54) is 48.5 Å². The maximum atomic E-state index is 12.2. The molecule has 0 saturated heterocycles. The highest BCUT2D eigenvalue weighted by Gasteiger charge is 2.12. The summed E-state index contributed by atoms with van der Waals surface area (Å²) in [4.78, 5) is 24.3. The molecule has 0 atom stereocenters. The third-order valence-corrected chi connectivity index (χ3v) is 3.74. The molecule has 0 saturated carbocycles. The number of benzene rings is 3. The fraction of sp³-hybridized carbons (Fsp3) is 0. The number of esters is 2. The molecule has 134 valence electrons. The molecule has 0 unspecified atom stereocenters. The molecule has 0 spiro atoms. The molecule has 6 nitrogen and oxygen atoms in total. The first kappa shape index (κ1) is 18.4. The Bertz CT molecular complexity index is 997. The number of rotatable bonds is 4. The van der Waals surface area contributed by atoms with Gasteiger partial charge >= 0.3 is 11.9 Å². The molecule has 0 aliphatic rings. The van der Waals surface area contributed by atoms with Gasteiger partial charge in [0.25, 0.3) is 0 Å². The average Bonchev–Trinajstić information content (AvgIpc) is 2.75. The smallest absolute Gasteiger partial charge is 0.343 e. The molecule has 0 heterocycles. The van der Waals surface area contributed by atoms with Crippen LogP contribution in [0.4, 0.5) is 0 Å². The van der Waals surface area contributed by atoms with Crippen LogP contribution in [0, 0.1) is 22.7 Å². The van der Waals surface area contributed by atoms with Crippen LogP contribution in [0.1, 0.15) is 31.8 Å². The Kier molecular flexibility index (Phi) is 5.45. The van der Waals surface area contributed by atoms with Crippen molar-refractivity contribution in [2.24, 2.45) is 0 Å². The fourth-order valence-electron chi connectivity index (χ4n) is 2.27. The van der Waals surface area contributed by atoms with Crippen LogP contribution >= 0.6 is 0 Å². The molecule has 3 aromatic carbocycles. The van der Waals surface area contributed by atoms with E-state index in [0.717, 1.165) is 0 Å². The van der Waals surface area contributed by atoms with Crippen LogP contribution in [0.5, 0.6) is 11.5 Å². The average molecular weight is 368 g/mol. The van der Waals surface area contributed by atoms with Crippen LogP contribution in [-0.2, 0) is 0 Å². The van der Waals surface area contributed by atoms with Gasteiger partial charge in [0, 0.05) is 0 Å². The van der Waals surface area contributed by atoms with Crippen molar-refractivity contribution in [3.05, 3.63) is 95.1 Å². The zero-order chi connectivity index (χ0) is 19.9. The van der Waals surface area contributed by atoms with E-state index in [0.29, 0.717) is 22.6 Å². The molecule has 6 heteroatoms. The second-order valence-corrected chi connectivity index (χ2v) is 5.63. The second-order valence-electron chi connectivity index (χ2n) is 5.63. The van der Waals surface area contributed by atoms with Crippen molar-refractivity contribution in [2.75, 3.05) is 0 Å². The lowest BCUT2D eigenvalue weighted by molar-refractivity contribution is 0.0720. The minimum Gasteiger partial charge on any atom is -0.423 e. The summed E-state index contributed by atoms with van der Waals surface area (Å²) in [5.41, 5.74) is 1.45. The molecular weight excluding hydrogens is 356 g/mol. The van der Waals surface area contributed by atoms with Gasteiger partial charge < -0.3 is 9.47 Å². The summed E-state index contributed by atoms with van der Waals surface area (Å²) < 4.78 is 10.5. The predicted octanol–water partition coefficient (Wildman–Crippen LogP) is 3.87. The van der Waals surface area contributed by atoms with E-state index < -0.39 is 11.9 Å². The van der Waals surface area contributed by atoms with Crippen LogP contribution in [0.25, 0.3) is 0 Å². The van der Waals surface area contributed by atoms with Crippen LogP contribution in [-0.4, -0.2) is 11.9 Å². The van der Waals surface area contributed by atoms with Gasteiger partial charge in [-0.25, -0.2) is 9.59 Å². The van der Waals surface area contributed by atoms with Crippen LogP contribution < -0.4 is 9.47 Å². The molecule has 0 bridgehead atoms. The molecule has 3 rings (SSSR count). The van der Waals surface area contributed by atoms with Crippen molar-refractivity contribution >= 4 is 11.9 Å². The Balaban J connectivity index is 1.64. The molecule has 0 amide bonds. The maximum Gasteiger partial charge on any atom is 0.343 e. The van der Waals surface area contributed by atoms with Crippen molar-refractivity contribution in [1.82, 2.24) is 0 Å². The van der Waals surface area contributed by atoms with Crippen molar-refractivity contribution in [2.45, 2.75) is 0 Å². The van der Waals surface area contributed by atoms with Gasteiger partial charge in [0.1, 0.15) is 11.5 Å². The number of carbonyl (C=O) groups excluding carboxylic acids is 2. The first-order valence-electron chi connectivity index (χ1n) is 8.14. The minimum atomic E-state index is -0.586. The topological polar surface area (TPSA) is 100 Å². The van der Waals surface area contributed by atoms with E-state index in [1.807, 2.05) is 12.1 Å². The SMILES string of the molecule is N#Cc1ccc(OC(=O)c2ccc(C(=O)Oc3ccc(C#N)cc3)cc2)cc1. The van der Waals surface area contributed by atoms with E-state index in [9.17, 15) is 9.59 Å². The summed E-state index contributed by atoms with van der Waals surface area (Å²) >= 11 is 0. The number of nitrogens with zero attached hydrogens (tertiary/aromatic N) is 2. The standard InChI is InChI=1S/C22H12N2O4/c23-13-15-1-9-19(10-2-15)27-21(25)17-5-7-18(8-6-17)22(26)28-20-11-3-16(14-24)4-12-20/h1-12H. The van der Waals surface area contributed by atoms with Crippen LogP contribution in [0.3, 0.4) is 0 Å². The van der Waals surface area contributed by atoms with Gasteiger partial charge in [-0.1, -0.05) is 0 Å². The number of ether oxygens (including phenoxy) is 2. The summed E-state index contributed by atoms with van der Waals surface area (Å²) in [6.45, 7) is 0. The van der Waals surface area contributed by atoms with Gasteiger partial charge in [-0.3, -0.25) is 0 Å². The molecule has 0 fully saturated rings. The Labute approximate surface area is 160 Å². The summed E-state index contributed by atoms with van der Waals surface area (Å²) in [6.07, 6.45) is 0. The van der Waals surface area contributed by atoms with Gasteiger partial charge in [-0.2, -0.15) is 10.5 Å². The summed E-state index contributed by atoms with van der Waals surface area (Å²) in [7, 11) is 0. The van der Waals surface area contributed by atoms with E-state index >= 15 is 0 Å². The highest BCUT2D eigenvalue weighted by atomic mass is 16.5. The predicted molar refractivity (Wildman–Crippen MR) is 98.7 cm³/mol. The largest absolute Gasteiger partial charge is 0.423 e. The summed E-state index contributed by atoms with van der Waals surface area (Å²) in [5, 5.41) is 17.5. The highest BCUT2D eigenvalue weighted by molar-refractivity contribution is 5.94. The first-order valence-corrected chi connectivity index (χ1v) is 8.14. The monoisotopic (exact) mass is 368 g/mol. The second kappa shape index (κ2) is 8.31. The Hall–Kier alpha value is -4.42. The number of hydrogen-bond acceptors (Lipinski definition) is 6. The highest BCUT2D eigenvalue weighted by Crippen LogP contribution is 2.16. The normalized spacial score (nSPS) is 9.64. The zero-order valence-corrected chi connectivity index (χ0v) is 14.5. The Morgan fingerprint density at radius 2 is 0.893 bits per heavy atom. The van der Waals surface area contributed by atoms with E-state index in [4.69, 9.17) is 20.0 Å². The lowest BCUT2D eigenvalue weighted by Crippen LogP contribution is -2.11. The van der Waals surface area contributed by atoms with Crippen LogP contribution in [0.15, 0.2) is 72.8 Å². The van der Waals surface area contributed by atoms with Gasteiger partial charge in [0.05, 0.1) is 34.4 Å². The van der Waals surface area contributed by atoms with E-state index in [2.05, 4.69) is 0 Å². The molecule has 3 aromatic rings. The molecule has 0 aliphatic carbocycles. The van der Waals surface area contributed by atoms with Gasteiger partial charge in [0.2, 0.25) is 0 Å². The van der Waals surface area contributed by atoms with Crippen molar-refractivity contribution in [3.8, 4) is 23.6 Å². The minimum absolute atomic E-state index is 0.263. The molecule has 0 radical (unpaired) electrons. The quantitative estimate of drug-likeness (QED) is 0.512. The summed E-state index contributed by atoms with van der Waals surface area (Å²) in [6, 6.07) is 22.1. The zero-order valence-electron chi connectivity index (χ0n) is 14.5. The third kappa shape index (κ3) is 4.40. The maximum absolute atomic E-state index is 12.2. The van der Waals surface area contributed by atoms with Gasteiger partial charge in [-0.15, -0.1) is 0 Å². The Morgan fingerprint density at radius 3 is 1.18 bits per heavy atom. The summed E-state index contributed by atoms with van der Waals surface area (Å²) in [5.74, 6) is -0.546. The molecule has 0 aliphatic heterocycles. The number of carbonyl (C=O) groups is 2. The fourth-order valence-corrected chi connectivity index (χ4v) is 2.27. The van der Waals surface area contributed by atoms with Crippen molar-refractivity contribution in [3.63, 3.8) is 0 Å². The van der Waals surface area contributed by atoms with Crippen molar-refractivity contribution in [1.29, 1.82) is 10.5 Å². The molecule has 28 heavy (non-hydrogen) atoms. The van der Waals surface area contributed by atoms with Gasteiger partial charge in [0.15, 0.2) is 0 Å². The van der Waals surface area contributed by atoms with E-state index in [1.54, 1.807) is 24.3 Å². The first-order chi connectivity index (χ1) is 13.6. The van der Waals surface area contributed by atoms with E-state index in [-0.39, 0.29) is 11.1 Å². The Morgan fingerprint density at radius 1 is 0.571 bits per heavy atom. The van der Waals surface area contributed by atoms with Crippen molar-refractivity contribution < 1.29 is 19.1 Å². The lowest BCUT2D eigenvalue weighted by atomic mass is 10.1. The molecule has 0 aromatic heterocycles. The van der Waals surface area contributed by atoms with Crippen LogP contribution in [0.2, 0.25) is 0 Å². The van der Waals surface area contributed by atoms with Gasteiger partial charge in [-0.05, 0) is 72.8 Å². The third-order valence-electron chi connectivity index (χ3n) is 3.74. The number of hydrogen-bond donors (Lipinski definition) is 0.